The van der Waals surface area contributed by atoms with Crippen LogP contribution in [0.15, 0.2) is 97.3 Å². The van der Waals surface area contributed by atoms with Crippen LogP contribution in [0.3, 0.4) is 0 Å². The minimum atomic E-state index is -0.107. The Balaban J connectivity index is 1.66. The molecule has 0 amide bonds. The second kappa shape index (κ2) is 7.65. The standard InChI is InChI=1S/C24H20N4OS/c29-19-13-11-17(12-14-19)27-16-6-10-21(27)23-22(20-9-4-5-15-25-20)26-24(30)28(23)18-7-2-1-3-8-18/h1-16,22-23,29H,(H,26,30)/t22-,23+/m0/s1. The third-order valence-corrected chi connectivity index (χ3v) is 5.66. The monoisotopic (exact) mass is 412 g/mol. The van der Waals surface area contributed by atoms with Crippen LogP contribution in [0.25, 0.3) is 5.69 Å². The van der Waals surface area contributed by atoms with E-state index >= 15 is 0 Å². The molecule has 3 heterocycles. The lowest BCUT2D eigenvalue weighted by atomic mass is 10.0. The van der Waals surface area contributed by atoms with E-state index in [2.05, 4.69) is 38.0 Å². The Labute approximate surface area is 180 Å². The van der Waals surface area contributed by atoms with Crippen LogP contribution in [0.1, 0.15) is 23.5 Å². The SMILES string of the molecule is Oc1ccc(-n2cccc2[C@@H]2[C@H](c3ccccn3)NC(=S)N2c2ccccc2)cc1. The van der Waals surface area contributed by atoms with Gasteiger partial charge in [-0.1, -0.05) is 24.3 Å². The maximum atomic E-state index is 9.70. The fraction of sp³-hybridized carbons (Fsp3) is 0.0833. The number of phenols is 1. The summed E-state index contributed by atoms with van der Waals surface area (Å²) in [4.78, 5) is 6.76. The number of pyridine rings is 1. The maximum Gasteiger partial charge on any atom is 0.174 e. The number of benzene rings is 2. The number of nitrogens with one attached hydrogen (secondary N) is 1. The summed E-state index contributed by atoms with van der Waals surface area (Å²) in [5, 5.41) is 13.9. The van der Waals surface area contributed by atoms with Crippen LogP contribution < -0.4 is 10.2 Å². The number of rotatable bonds is 4. The molecule has 0 aliphatic carbocycles. The van der Waals surface area contributed by atoms with Gasteiger partial charge in [-0.3, -0.25) is 4.98 Å². The molecular weight excluding hydrogens is 392 g/mol. The van der Waals surface area contributed by atoms with E-state index < -0.39 is 0 Å². The van der Waals surface area contributed by atoms with Crippen LogP contribution in [0.2, 0.25) is 0 Å². The fourth-order valence-corrected chi connectivity index (χ4v) is 4.35. The van der Waals surface area contributed by atoms with E-state index in [1.165, 1.54) is 0 Å². The topological polar surface area (TPSA) is 53.3 Å². The Morgan fingerprint density at radius 3 is 2.33 bits per heavy atom. The lowest BCUT2D eigenvalue weighted by Gasteiger charge is -2.29. The molecule has 1 saturated heterocycles. The van der Waals surface area contributed by atoms with Gasteiger partial charge < -0.3 is 19.9 Å². The minimum absolute atomic E-state index is 0.0985. The normalized spacial score (nSPS) is 18.4. The molecule has 2 aromatic carbocycles. The molecule has 5 rings (SSSR count). The zero-order valence-electron chi connectivity index (χ0n) is 16.1. The van der Waals surface area contributed by atoms with Gasteiger partial charge >= 0.3 is 0 Å². The first-order valence-electron chi connectivity index (χ1n) is 9.75. The summed E-state index contributed by atoms with van der Waals surface area (Å²) in [7, 11) is 0. The molecule has 1 fully saturated rings. The summed E-state index contributed by atoms with van der Waals surface area (Å²) in [6.45, 7) is 0. The smallest absolute Gasteiger partial charge is 0.174 e. The molecule has 2 atom stereocenters. The molecule has 0 saturated carbocycles. The van der Waals surface area contributed by atoms with Crippen LogP contribution in [-0.2, 0) is 0 Å². The molecule has 4 aromatic rings. The van der Waals surface area contributed by atoms with Gasteiger partial charge in [0.2, 0.25) is 0 Å². The van der Waals surface area contributed by atoms with Gasteiger partial charge in [0.05, 0.1) is 11.7 Å². The summed E-state index contributed by atoms with van der Waals surface area (Å²) < 4.78 is 2.13. The Kier molecular flexibility index (Phi) is 4.69. The summed E-state index contributed by atoms with van der Waals surface area (Å²) in [6.07, 6.45) is 3.84. The Bertz CT molecular complexity index is 1160. The number of anilines is 1. The molecule has 148 valence electrons. The van der Waals surface area contributed by atoms with Crippen molar-refractivity contribution in [1.29, 1.82) is 0 Å². The highest BCUT2D eigenvalue weighted by Crippen LogP contribution is 2.42. The van der Waals surface area contributed by atoms with E-state index in [9.17, 15) is 5.11 Å². The summed E-state index contributed by atoms with van der Waals surface area (Å²) in [5.41, 5.74) is 4.00. The van der Waals surface area contributed by atoms with Crippen molar-refractivity contribution >= 4 is 23.0 Å². The second-order valence-corrected chi connectivity index (χ2v) is 7.54. The average molecular weight is 413 g/mol. The van der Waals surface area contributed by atoms with Gasteiger partial charge in [0, 0.05) is 29.5 Å². The molecule has 30 heavy (non-hydrogen) atoms. The zero-order chi connectivity index (χ0) is 20.5. The van der Waals surface area contributed by atoms with Gasteiger partial charge in [0.25, 0.3) is 0 Å². The number of hydrogen-bond donors (Lipinski definition) is 2. The van der Waals surface area contributed by atoms with Crippen LogP contribution in [0, 0.1) is 0 Å². The van der Waals surface area contributed by atoms with E-state index in [0.29, 0.717) is 5.11 Å². The van der Waals surface area contributed by atoms with Crippen molar-refractivity contribution in [2.75, 3.05) is 4.90 Å². The number of hydrogen-bond acceptors (Lipinski definition) is 3. The van der Waals surface area contributed by atoms with Crippen LogP contribution in [-0.4, -0.2) is 19.8 Å². The zero-order valence-corrected chi connectivity index (χ0v) is 16.9. The summed E-state index contributed by atoms with van der Waals surface area (Å²) in [6, 6.07) is 27.2. The van der Waals surface area contributed by atoms with E-state index in [-0.39, 0.29) is 17.8 Å². The van der Waals surface area contributed by atoms with Gasteiger partial charge in [-0.15, -0.1) is 0 Å². The molecular formula is C24H20N4OS. The molecule has 1 aliphatic rings. The predicted octanol–water partition coefficient (Wildman–Crippen LogP) is 4.76. The van der Waals surface area contributed by atoms with Crippen molar-refractivity contribution < 1.29 is 5.11 Å². The van der Waals surface area contributed by atoms with Crippen LogP contribution in [0.4, 0.5) is 5.69 Å². The number of thiocarbonyl (C=S) groups is 1. The molecule has 2 N–H and O–H groups in total. The van der Waals surface area contributed by atoms with Gasteiger partial charge in [0.1, 0.15) is 11.8 Å². The number of aromatic hydroxyl groups is 1. The molecule has 0 radical (unpaired) electrons. The van der Waals surface area contributed by atoms with Crippen molar-refractivity contribution in [1.82, 2.24) is 14.9 Å². The second-order valence-electron chi connectivity index (χ2n) is 7.15. The van der Waals surface area contributed by atoms with Crippen molar-refractivity contribution in [3.05, 3.63) is 109 Å². The molecule has 1 aliphatic heterocycles. The summed E-state index contributed by atoms with van der Waals surface area (Å²) in [5.74, 6) is 0.244. The third-order valence-electron chi connectivity index (χ3n) is 5.34. The lowest BCUT2D eigenvalue weighted by molar-refractivity contribution is 0.475. The third kappa shape index (κ3) is 3.21. The van der Waals surface area contributed by atoms with Crippen LogP contribution >= 0.6 is 12.2 Å². The summed E-state index contributed by atoms with van der Waals surface area (Å²) >= 11 is 5.77. The van der Waals surface area contributed by atoms with Gasteiger partial charge in [-0.05, 0) is 72.9 Å². The van der Waals surface area contributed by atoms with E-state index in [0.717, 1.165) is 22.8 Å². The van der Waals surface area contributed by atoms with Gasteiger partial charge in [-0.2, -0.15) is 0 Å². The highest BCUT2D eigenvalue weighted by atomic mass is 32.1. The largest absolute Gasteiger partial charge is 0.508 e. The quantitative estimate of drug-likeness (QED) is 0.474. The van der Waals surface area contributed by atoms with E-state index in [1.807, 2.05) is 60.8 Å². The lowest BCUT2D eigenvalue weighted by Crippen LogP contribution is -2.30. The highest BCUT2D eigenvalue weighted by molar-refractivity contribution is 7.80. The Morgan fingerprint density at radius 1 is 0.833 bits per heavy atom. The Morgan fingerprint density at radius 2 is 1.60 bits per heavy atom. The van der Waals surface area contributed by atoms with Gasteiger partial charge in [0.15, 0.2) is 5.11 Å². The highest BCUT2D eigenvalue weighted by Gasteiger charge is 2.42. The first-order valence-corrected chi connectivity index (χ1v) is 10.2. The van der Waals surface area contributed by atoms with E-state index in [4.69, 9.17) is 12.2 Å². The number of phenolic OH excluding ortho intramolecular Hbond substituents is 1. The van der Waals surface area contributed by atoms with Crippen molar-refractivity contribution in [2.24, 2.45) is 0 Å². The maximum absolute atomic E-state index is 9.70. The van der Waals surface area contributed by atoms with Crippen LogP contribution in [0.5, 0.6) is 5.75 Å². The molecule has 0 spiro atoms. The first kappa shape index (κ1) is 18.4. The van der Waals surface area contributed by atoms with Crippen molar-refractivity contribution in [3.8, 4) is 11.4 Å². The fourth-order valence-electron chi connectivity index (χ4n) is 4.01. The minimum Gasteiger partial charge on any atom is -0.508 e. The molecule has 2 aromatic heterocycles. The molecule has 0 bridgehead atoms. The number of nitrogens with zero attached hydrogens (tertiary/aromatic N) is 3. The molecule has 5 nitrogen and oxygen atoms in total. The number of aromatic nitrogens is 2. The first-order chi connectivity index (χ1) is 14.7. The van der Waals surface area contributed by atoms with Crippen molar-refractivity contribution in [3.63, 3.8) is 0 Å². The molecule has 6 heteroatoms. The van der Waals surface area contributed by atoms with E-state index in [1.54, 1.807) is 18.3 Å². The predicted molar refractivity (Wildman–Crippen MR) is 122 cm³/mol. The number of para-hydroxylation sites is 1. The van der Waals surface area contributed by atoms with Gasteiger partial charge in [-0.25, -0.2) is 0 Å². The Hall–Kier alpha value is -3.64. The van der Waals surface area contributed by atoms with Crippen molar-refractivity contribution in [2.45, 2.75) is 12.1 Å². The average Bonchev–Trinajstić information content (AvgIpc) is 3.40. The molecule has 0 unspecified atom stereocenters.